The van der Waals surface area contributed by atoms with Gasteiger partial charge in [-0.3, -0.25) is 0 Å². The van der Waals surface area contributed by atoms with Gasteiger partial charge in [0, 0.05) is 34.1 Å². The van der Waals surface area contributed by atoms with Crippen molar-refractivity contribution in [2.75, 3.05) is 6.61 Å². The van der Waals surface area contributed by atoms with E-state index < -0.39 is 0 Å². The summed E-state index contributed by atoms with van der Waals surface area (Å²) in [4.78, 5) is 8.22. The highest BCUT2D eigenvalue weighted by molar-refractivity contribution is 7.21. The Balaban J connectivity index is 1.25. The summed E-state index contributed by atoms with van der Waals surface area (Å²) in [6.07, 6.45) is 2.23. The van der Waals surface area contributed by atoms with Crippen molar-refractivity contribution in [2.24, 2.45) is 0 Å². The van der Waals surface area contributed by atoms with Crippen LogP contribution in [0.1, 0.15) is 21.9 Å². The highest BCUT2D eigenvalue weighted by Gasteiger charge is 2.05. The highest BCUT2D eigenvalue weighted by atomic mass is 32.1. The second kappa shape index (κ2) is 9.19. The van der Waals surface area contributed by atoms with E-state index in [9.17, 15) is 0 Å². The predicted molar refractivity (Wildman–Crippen MR) is 115 cm³/mol. The van der Waals surface area contributed by atoms with Gasteiger partial charge in [0.2, 0.25) is 0 Å². The normalized spacial score (nSPS) is 11.0. The fourth-order valence-electron chi connectivity index (χ4n) is 2.93. The molecule has 28 heavy (non-hydrogen) atoms. The van der Waals surface area contributed by atoms with Gasteiger partial charge < -0.3 is 14.5 Å². The minimum absolute atomic E-state index is 0.588. The van der Waals surface area contributed by atoms with Crippen LogP contribution in [-0.4, -0.2) is 11.6 Å². The predicted octanol–water partition coefficient (Wildman–Crippen LogP) is 5.68. The first-order chi connectivity index (χ1) is 13.8. The van der Waals surface area contributed by atoms with Crippen molar-refractivity contribution in [1.82, 2.24) is 10.3 Å². The lowest BCUT2D eigenvalue weighted by Gasteiger charge is -2.08. The van der Waals surface area contributed by atoms with Gasteiger partial charge >= 0.3 is 0 Å². The van der Waals surface area contributed by atoms with Crippen LogP contribution in [0.3, 0.4) is 0 Å². The maximum absolute atomic E-state index is 5.88. The van der Waals surface area contributed by atoms with Crippen LogP contribution in [0.2, 0.25) is 0 Å². The molecule has 4 nitrogen and oxygen atoms in total. The number of rotatable bonds is 9. The van der Waals surface area contributed by atoms with Gasteiger partial charge in [-0.1, -0.05) is 18.2 Å². The van der Waals surface area contributed by atoms with Crippen LogP contribution in [0, 0.1) is 6.92 Å². The first-order valence-corrected chi connectivity index (χ1v) is 10.9. The molecule has 0 unspecified atom stereocenters. The number of nitrogens with zero attached hydrogens (tertiary/aromatic N) is 1. The number of nitrogens with one attached hydrogen (secondary N) is 1. The minimum Gasteiger partial charge on any atom is -0.493 e. The molecule has 0 aliphatic heterocycles. The number of oxazole rings is 1. The molecule has 0 bridgehead atoms. The maximum Gasteiger partial charge on any atom is 0.181 e. The molecule has 0 atom stereocenters. The number of ether oxygens (including phenoxy) is 1. The first-order valence-electron chi connectivity index (χ1n) is 9.22. The van der Waals surface area contributed by atoms with Gasteiger partial charge in [-0.2, -0.15) is 0 Å². The zero-order valence-electron chi connectivity index (χ0n) is 15.7. The van der Waals surface area contributed by atoms with E-state index in [1.807, 2.05) is 30.4 Å². The van der Waals surface area contributed by atoms with Crippen molar-refractivity contribution in [3.63, 3.8) is 0 Å². The van der Waals surface area contributed by atoms with Crippen LogP contribution in [0.25, 0.3) is 9.75 Å². The van der Waals surface area contributed by atoms with Crippen LogP contribution < -0.4 is 10.1 Å². The number of hydrogen-bond acceptors (Lipinski definition) is 6. The van der Waals surface area contributed by atoms with Gasteiger partial charge in [0.1, 0.15) is 11.5 Å². The fraction of sp³-hybridized carbons (Fsp3) is 0.227. The van der Waals surface area contributed by atoms with Crippen molar-refractivity contribution in [1.29, 1.82) is 0 Å². The van der Waals surface area contributed by atoms with E-state index in [-0.39, 0.29) is 0 Å². The molecular weight excluding hydrogens is 388 g/mol. The molecule has 0 aliphatic rings. The fourth-order valence-corrected chi connectivity index (χ4v) is 4.75. The van der Waals surface area contributed by atoms with Crippen molar-refractivity contribution in [3.05, 3.63) is 82.2 Å². The number of benzene rings is 1. The number of aryl methyl sites for hydroxylation is 1. The second-order valence-electron chi connectivity index (χ2n) is 6.45. The lowest BCUT2D eigenvalue weighted by Crippen LogP contribution is -2.11. The first kappa shape index (κ1) is 18.9. The molecule has 0 amide bonds. The summed E-state index contributed by atoms with van der Waals surface area (Å²) >= 11 is 3.63. The Morgan fingerprint density at radius 1 is 1.07 bits per heavy atom. The Bertz CT molecular complexity index is 1010. The van der Waals surface area contributed by atoms with Gasteiger partial charge in [0.05, 0.1) is 12.3 Å². The summed E-state index contributed by atoms with van der Waals surface area (Å²) < 4.78 is 11.1. The van der Waals surface area contributed by atoms with Gasteiger partial charge in [-0.25, -0.2) is 4.98 Å². The monoisotopic (exact) mass is 410 g/mol. The van der Waals surface area contributed by atoms with Gasteiger partial charge in [0.25, 0.3) is 0 Å². The zero-order chi connectivity index (χ0) is 19.2. The Hall–Kier alpha value is -2.41. The molecule has 0 radical (unpaired) electrons. The molecule has 4 rings (SSSR count). The molecule has 0 spiro atoms. The van der Waals surface area contributed by atoms with Crippen LogP contribution in [0.15, 0.2) is 64.7 Å². The molecule has 144 valence electrons. The number of thiophene rings is 2. The van der Waals surface area contributed by atoms with Crippen LogP contribution in [0.4, 0.5) is 0 Å². The summed E-state index contributed by atoms with van der Waals surface area (Å²) in [7, 11) is 0. The Morgan fingerprint density at radius 2 is 2.04 bits per heavy atom. The molecule has 4 aromatic rings. The second-order valence-corrected chi connectivity index (χ2v) is 8.56. The Labute approximate surface area is 172 Å². The van der Waals surface area contributed by atoms with Crippen molar-refractivity contribution in [3.8, 4) is 15.5 Å². The van der Waals surface area contributed by atoms with E-state index in [2.05, 4.69) is 52.1 Å². The third-order valence-corrected chi connectivity index (χ3v) is 6.56. The summed E-state index contributed by atoms with van der Waals surface area (Å²) in [6, 6.07) is 16.9. The summed E-state index contributed by atoms with van der Waals surface area (Å²) in [5.74, 6) is 1.74. The van der Waals surface area contributed by atoms with Crippen LogP contribution >= 0.6 is 22.7 Å². The Kier molecular flexibility index (Phi) is 6.21. The van der Waals surface area contributed by atoms with E-state index in [4.69, 9.17) is 9.15 Å². The average molecular weight is 411 g/mol. The molecule has 1 N–H and O–H groups in total. The maximum atomic E-state index is 5.88. The van der Waals surface area contributed by atoms with Gasteiger partial charge in [-0.15, -0.1) is 22.7 Å². The smallest absolute Gasteiger partial charge is 0.181 e. The quantitative estimate of drug-likeness (QED) is 0.385. The van der Waals surface area contributed by atoms with Crippen molar-refractivity contribution < 1.29 is 9.15 Å². The lowest BCUT2D eigenvalue weighted by atomic mass is 10.2. The van der Waals surface area contributed by atoms with Crippen LogP contribution in [-0.2, 0) is 19.5 Å². The van der Waals surface area contributed by atoms with E-state index in [0.717, 1.165) is 36.7 Å². The Morgan fingerprint density at radius 3 is 2.86 bits per heavy atom. The van der Waals surface area contributed by atoms with E-state index in [1.54, 1.807) is 11.3 Å². The zero-order valence-corrected chi connectivity index (χ0v) is 17.3. The van der Waals surface area contributed by atoms with E-state index in [1.165, 1.54) is 26.6 Å². The molecule has 1 aromatic carbocycles. The third-order valence-electron chi connectivity index (χ3n) is 4.40. The van der Waals surface area contributed by atoms with Gasteiger partial charge in [-0.05, 0) is 48.2 Å². The molecule has 6 heteroatoms. The van der Waals surface area contributed by atoms with Crippen molar-refractivity contribution in [2.45, 2.75) is 26.4 Å². The van der Waals surface area contributed by atoms with E-state index in [0.29, 0.717) is 6.61 Å². The van der Waals surface area contributed by atoms with E-state index >= 15 is 0 Å². The third kappa shape index (κ3) is 4.90. The molecule has 0 aliphatic carbocycles. The standard InChI is InChI=1S/C22H22N2O2S2/c1-16-20(24-15-26-16)9-10-25-18-5-2-4-17(12-18)13-23-14-19-7-8-22(28-19)21-6-3-11-27-21/h2-8,11-12,15,23H,9-10,13-14H2,1H3. The molecule has 3 heterocycles. The molecular formula is C22H22N2O2S2. The minimum atomic E-state index is 0.588. The summed E-state index contributed by atoms with van der Waals surface area (Å²) in [6.45, 7) is 4.19. The largest absolute Gasteiger partial charge is 0.493 e. The summed E-state index contributed by atoms with van der Waals surface area (Å²) in [5, 5.41) is 5.65. The highest BCUT2D eigenvalue weighted by Crippen LogP contribution is 2.31. The number of hydrogen-bond donors (Lipinski definition) is 1. The topological polar surface area (TPSA) is 47.3 Å². The van der Waals surface area contributed by atoms with Gasteiger partial charge in [0.15, 0.2) is 6.39 Å². The number of aromatic nitrogens is 1. The molecule has 0 saturated carbocycles. The van der Waals surface area contributed by atoms with Crippen molar-refractivity contribution >= 4 is 22.7 Å². The molecule has 0 fully saturated rings. The van der Waals surface area contributed by atoms with Crippen LogP contribution in [0.5, 0.6) is 5.75 Å². The lowest BCUT2D eigenvalue weighted by molar-refractivity contribution is 0.319. The molecule has 0 saturated heterocycles. The average Bonchev–Trinajstić information content (AvgIpc) is 3.45. The molecule has 3 aromatic heterocycles. The summed E-state index contributed by atoms with van der Waals surface area (Å²) in [5.41, 5.74) is 2.17. The SMILES string of the molecule is Cc1ocnc1CCOc1cccc(CNCc2ccc(-c3cccs3)s2)c1.